The number of hydrogen-bond donors (Lipinski definition) is 0. The van der Waals surface area contributed by atoms with E-state index in [1.807, 2.05) is 0 Å². The fraction of sp³-hybridized carbons (Fsp3) is 0.833. The highest BCUT2D eigenvalue weighted by atomic mass is 14.4. The first-order valence-corrected chi connectivity index (χ1v) is 8.39. The third-order valence-electron chi connectivity index (χ3n) is 5.51. The van der Waals surface area contributed by atoms with Gasteiger partial charge in [0.2, 0.25) is 0 Å². The number of nitrogens with zero attached hydrogens (tertiary/aromatic N) is 1. The van der Waals surface area contributed by atoms with Crippen LogP contribution in [0.4, 0.5) is 0 Å². The minimum absolute atomic E-state index is 0.687. The molecule has 19 heavy (non-hydrogen) atoms. The molecule has 2 rings (SSSR count). The normalized spacial score (nSPS) is 36.2. The first-order chi connectivity index (χ1) is 9.33. The number of hydrogen-bond acceptors (Lipinski definition) is 1. The summed E-state index contributed by atoms with van der Waals surface area (Å²) in [7, 11) is 0. The lowest BCUT2D eigenvalue weighted by molar-refractivity contribution is 0.152. The molecule has 2 aliphatic carbocycles. The van der Waals surface area contributed by atoms with Crippen LogP contribution in [0.25, 0.3) is 0 Å². The summed E-state index contributed by atoms with van der Waals surface area (Å²) in [5.41, 5.74) is 0. The highest BCUT2D eigenvalue weighted by Gasteiger charge is 2.29. The minimum atomic E-state index is 0.687. The topological polar surface area (TPSA) is 23.8 Å². The van der Waals surface area contributed by atoms with Crippen LogP contribution in [-0.2, 0) is 0 Å². The molecular weight excluding hydrogens is 230 g/mol. The van der Waals surface area contributed by atoms with Crippen molar-refractivity contribution in [3.63, 3.8) is 0 Å². The molecule has 0 atom stereocenters. The first kappa shape index (κ1) is 14.6. The van der Waals surface area contributed by atoms with Crippen LogP contribution in [0.15, 0.2) is 12.2 Å². The molecule has 0 heterocycles. The second-order valence-corrected chi connectivity index (χ2v) is 6.73. The highest BCUT2D eigenvalue weighted by Crippen LogP contribution is 2.42. The molecule has 2 aliphatic rings. The van der Waals surface area contributed by atoms with Gasteiger partial charge in [-0.25, -0.2) is 0 Å². The number of allylic oxidation sites excluding steroid dienone is 2. The van der Waals surface area contributed by atoms with Crippen molar-refractivity contribution in [2.45, 2.75) is 71.1 Å². The molecule has 2 fully saturated rings. The molecule has 0 amide bonds. The van der Waals surface area contributed by atoms with E-state index in [0.29, 0.717) is 5.92 Å². The van der Waals surface area contributed by atoms with E-state index in [1.54, 1.807) is 6.08 Å². The SMILES string of the molecule is CCC[C@H]1CC[C@H](C2CCC(/C=C/C#N)CC2)CC1. The summed E-state index contributed by atoms with van der Waals surface area (Å²) in [6.45, 7) is 2.32. The van der Waals surface area contributed by atoms with Gasteiger partial charge in [0.05, 0.1) is 6.07 Å². The van der Waals surface area contributed by atoms with Crippen LogP contribution < -0.4 is 0 Å². The molecule has 0 aromatic rings. The molecule has 0 aromatic heterocycles. The lowest BCUT2D eigenvalue weighted by atomic mass is 9.69. The molecule has 0 spiro atoms. The lowest BCUT2D eigenvalue weighted by Crippen LogP contribution is -2.25. The van der Waals surface area contributed by atoms with Gasteiger partial charge in [-0.3, -0.25) is 0 Å². The standard InChI is InChI=1S/C18H29N/c1-2-4-15-6-10-17(11-7-15)18-12-8-16(9-13-18)5-3-14-19/h3,5,15-18H,2,4,6-13H2,1H3/b5-3+/t15-,16?,17-,18?. The van der Waals surface area contributed by atoms with Gasteiger partial charge in [-0.05, 0) is 62.2 Å². The van der Waals surface area contributed by atoms with Gasteiger partial charge in [0.15, 0.2) is 0 Å². The van der Waals surface area contributed by atoms with E-state index in [2.05, 4.69) is 19.1 Å². The first-order valence-electron chi connectivity index (χ1n) is 8.39. The van der Waals surface area contributed by atoms with Gasteiger partial charge >= 0.3 is 0 Å². The van der Waals surface area contributed by atoms with Crippen LogP contribution >= 0.6 is 0 Å². The van der Waals surface area contributed by atoms with Crippen LogP contribution in [0, 0.1) is 35.0 Å². The van der Waals surface area contributed by atoms with Gasteiger partial charge in [-0.15, -0.1) is 0 Å². The van der Waals surface area contributed by atoms with Crippen molar-refractivity contribution in [2.24, 2.45) is 23.7 Å². The quantitative estimate of drug-likeness (QED) is 0.613. The van der Waals surface area contributed by atoms with Gasteiger partial charge in [-0.1, -0.05) is 38.7 Å². The lowest BCUT2D eigenvalue weighted by Gasteiger charge is -2.37. The van der Waals surface area contributed by atoms with E-state index in [-0.39, 0.29) is 0 Å². The Morgan fingerprint density at radius 1 is 0.947 bits per heavy atom. The summed E-state index contributed by atoms with van der Waals surface area (Å²) in [4.78, 5) is 0. The molecule has 106 valence electrons. The molecule has 0 unspecified atom stereocenters. The van der Waals surface area contributed by atoms with E-state index in [9.17, 15) is 0 Å². The van der Waals surface area contributed by atoms with Gasteiger partial charge in [0.1, 0.15) is 0 Å². The van der Waals surface area contributed by atoms with E-state index in [4.69, 9.17) is 5.26 Å². The summed E-state index contributed by atoms with van der Waals surface area (Å²) >= 11 is 0. The molecule has 0 N–H and O–H groups in total. The highest BCUT2D eigenvalue weighted by molar-refractivity contribution is 5.04. The predicted molar refractivity (Wildman–Crippen MR) is 80.6 cm³/mol. The van der Waals surface area contributed by atoms with E-state index in [1.165, 1.54) is 64.2 Å². The van der Waals surface area contributed by atoms with Crippen molar-refractivity contribution < 1.29 is 0 Å². The Labute approximate surface area is 119 Å². The van der Waals surface area contributed by atoms with Gasteiger partial charge in [0, 0.05) is 6.08 Å². The average molecular weight is 259 g/mol. The van der Waals surface area contributed by atoms with Crippen LogP contribution in [0.3, 0.4) is 0 Å². The van der Waals surface area contributed by atoms with Crippen molar-refractivity contribution >= 4 is 0 Å². The summed E-state index contributed by atoms with van der Waals surface area (Å²) in [6.07, 6.45) is 18.1. The summed E-state index contributed by atoms with van der Waals surface area (Å²) < 4.78 is 0. The fourth-order valence-electron chi connectivity index (χ4n) is 4.34. The Balaban J connectivity index is 1.71. The second-order valence-electron chi connectivity index (χ2n) is 6.73. The Kier molecular flexibility index (Phi) is 5.95. The van der Waals surface area contributed by atoms with E-state index >= 15 is 0 Å². The van der Waals surface area contributed by atoms with Crippen molar-refractivity contribution in [2.75, 3.05) is 0 Å². The molecule has 1 heteroatoms. The Morgan fingerprint density at radius 3 is 2.05 bits per heavy atom. The van der Waals surface area contributed by atoms with Crippen molar-refractivity contribution in [3.05, 3.63) is 12.2 Å². The summed E-state index contributed by atoms with van der Waals surface area (Å²) in [6, 6.07) is 2.13. The maximum atomic E-state index is 8.58. The Bertz CT molecular complexity index is 309. The second kappa shape index (κ2) is 7.73. The zero-order valence-corrected chi connectivity index (χ0v) is 12.5. The Hall–Kier alpha value is -0.770. The third-order valence-corrected chi connectivity index (χ3v) is 5.51. The zero-order valence-electron chi connectivity index (χ0n) is 12.5. The van der Waals surface area contributed by atoms with Gasteiger partial charge in [-0.2, -0.15) is 5.26 Å². The number of rotatable bonds is 4. The van der Waals surface area contributed by atoms with Crippen molar-refractivity contribution in [1.29, 1.82) is 5.26 Å². The van der Waals surface area contributed by atoms with Crippen LogP contribution in [-0.4, -0.2) is 0 Å². The molecule has 0 bridgehead atoms. The maximum absolute atomic E-state index is 8.58. The molecule has 1 nitrogen and oxygen atoms in total. The Morgan fingerprint density at radius 2 is 1.53 bits per heavy atom. The predicted octanol–water partition coefficient (Wildman–Crippen LogP) is 5.48. The van der Waals surface area contributed by atoms with Crippen molar-refractivity contribution in [3.8, 4) is 6.07 Å². The summed E-state index contributed by atoms with van der Waals surface area (Å²) in [5.74, 6) is 3.74. The fourth-order valence-corrected chi connectivity index (χ4v) is 4.34. The molecule has 0 saturated heterocycles. The molecule has 0 aliphatic heterocycles. The minimum Gasteiger partial charge on any atom is -0.193 e. The monoisotopic (exact) mass is 259 g/mol. The van der Waals surface area contributed by atoms with E-state index < -0.39 is 0 Å². The van der Waals surface area contributed by atoms with Gasteiger partial charge in [0.25, 0.3) is 0 Å². The average Bonchev–Trinajstić information content (AvgIpc) is 2.47. The van der Waals surface area contributed by atoms with E-state index in [0.717, 1.165) is 17.8 Å². The van der Waals surface area contributed by atoms with Gasteiger partial charge < -0.3 is 0 Å². The number of nitriles is 1. The van der Waals surface area contributed by atoms with Crippen LogP contribution in [0.1, 0.15) is 71.1 Å². The maximum Gasteiger partial charge on any atom is 0.0908 e. The van der Waals surface area contributed by atoms with Crippen molar-refractivity contribution in [1.82, 2.24) is 0 Å². The zero-order chi connectivity index (χ0) is 13.5. The third kappa shape index (κ3) is 4.37. The molecule has 0 aromatic carbocycles. The van der Waals surface area contributed by atoms with Crippen LogP contribution in [0.5, 0.6) is 0 Å². The smallest absolute Gasteiger partial charge is 0.0908 e. The molecular formula is C18H29N. The molecule has 0 radical (unpaired) electrons. The van der Waals surface area contributed by atoms with Crippen LogP contribution in [0.2, 0.25) is 0 Å². The molecule has 2 saturated carbocycles. The largest absolute Gasteiger partial charge is 0.193 e. The summed E-state index contributed by atoms with van der Waals surface area (Å²) in [5, 5.41) is 8.58.